The van der Waals surface area contributed by atoms with Crippen LogP contribution in [0.25, 0.3) is 0 Å². The molecule has 31 heavy (non-hydrogen) atoms. The maximum absolute atomic E-state index is 12.3. The van der Waals surface area contributed by atoms with Crippen molar-refractivity contribution in [1.82, 2.24) is 4.90 Å². The van der Waals surface area contributed by atoms with E-state index in [1.807, 2.05) is 17.9 Å². The summed E-state index contributed by atoms with van der Waals surface area (Å²) in [6, 6.07) is 11.7. The van der Waals surface area contributed by atoms with Crippen LogP contribution < -0.4 is 14.9 Å². The van der Waals surface area contributed by atoms with Crippen molar-refractivity contribution in [3.8, 4) is 11.5 Å². The normalized spacial score (nSPS) is 13.8. The molecule has 1 saturated heterocycles. The first-order valence-electron chi connectivity index (χ1n) is 10.4. The number of benzene rings is 2. The Kier molecular flexibility index (Phi) is 7.86. The van der Waals surface area contributed by atoms with Gasteiger partial charge in [-0.2, -0.15) is 5.10 Å². The fourth-order valence-corrected chi connectivity index (χ4v) is 3.27. The number of hydrazone groups is 1. The lowest BCUT2D eigenvalue weighted by Crippen LogP contribution is -2.38. The van der Waals surface area contributed by atoms with Gasteiger partial charge in [-0.25, -0.2) is 4.79 Å². The van der Waals surface area contributed by atoms with Crippen molar-refractivity contribution in [2.75, 3.05) is 31.7 Å². The molecule has 1 aliphatic rings. The van der Waals surface area contributed by atoms with Crippen LogP contribution in [0.2, 0.25) is 0 Å². The number of nitrogens with zero attached hydrogens (tertiary/aromatic N) is 2. The van der Waals surface area contributed by atoms with Gasteiger partial charge in [0, 0.05) is 13.1 Å². The molecule has 0 bridgehead atoms. The summed E-state index contributed by atoms with van der Waals surface area (Å²) in [6.07, 6.45) is 4.85. The molecule has 0 unspecified atom stereocenters. The van der Waals surface area contributed by atoms with Gasteiger partial charge in [-0.3, -0.25) is 10.2 Å². The number of hydrogen-bond donors (Lipinski definition) is 2. The van der Waals surface area contributed by atoms with Gasteiger partial charge in [0.05, 0.1) is 24.1 Å². The molecule has 3 rings (SSSR count). The Bertz CT molecular complexity index is 939. The van der Waals surface area contributed by atoms with Crippen molar-refractivity contribution >= 4 is 23.8 Å². The third kappa shape index (κ3) is 6.47. The number of rotatable bonds is 9. The minimum absolute atomic E-state index is 0.0134. The highest BCUT2D eigenvalue weighted by Gasteiger charge is 2.17. The summed E-state index contributed by atoms with van der Waals surface area (Å²) < 4.78 is 11.4. The number of ether oxygens (including phenoxy) is 2. The number of hydrogen-bond acceptors (Lipinski definition) is 6. The van der Waals surface area contributed by atoms with E-state index in [2.05, 4.69) is 10.5 Å². The zero-order valence-electron chi connectivity index (χ0n) is 17.5. The standard InChI is InChI=1S/C23H27N3O5/c1-2-30-21-13-17(15-24-25-19-8-6-7-18(14-19)23(28)29)9-10-20(21)31-16-22(27)26-11-4-3-5-12-26/h6-10,13-15,25H,2-5,11-12,16H2,1H3,(H,28,29)/b24-15-. The van der Waals surface area contributed by atoms with Gasteiger partial charge in [-0.1, -0.05) is 6.07 Å². The van der Waals surface area contributed by atoms with Gasteiger partial charge in [0.1, 0.15) is 0 Å². The summed E-state index contributed by atoms with van der Waals surface area (Å²) in [6.45, 7) is 3.89. The lowest BCUT2D eigenvalue weighted by molar-refractivity contribution is -0.134. The summed E-state index contributed by atoms with van der Waals surface area (Å²) >= 11 is 0. The van der Waals surface area contributed by atoms with Gasteiger partial charge in [0.15, 0.2) is 18.1 Å². The van der Waals surface area contributed by atoms with E-state index in [1.54, 1.807) is 30.5 Å². The first kappa shape index (κ1) is 22.1. The van der Waals surface area contributed by atoms with Crippen molar-refractivity contribution in [2.24, 2.45) is 5.10 Å². The predicted octanol–water partition coefficient (Wildman–Crippen LogP) is 3.62. The van der Waals surface area contributed by atoms with E-state index < -0.39 is 5.97 Å². The number of carbonyl (C=O) groups excluding carboxylic acids is 1. The molecule has 0 aromatic heterocycles. The maximum Gasteiger partial charge on any atom is 0.335 e. The average Bonchev–Trinajstić information content (AvgIpc) is 2.79. The molecule has 1 fully saturated rings. The molecule has 1 aliphatic heterocycles. The zero-order chi connectivity index (χ0) is 22.1. The van der Waals surface area contributed by atoms with Crippen LogP contribution in [0, 0.1) is 0 Å². The zero-order valence-corrected chi connectivity index (χ0v) is 17.5. The van der Waals surface area contributed by atoms with Crippen LogP contribution in [0.4, 0.5) is 5.69 Å². The van der Waals surface area contributed by atoms with E-state index in [-0.39, 0.29) is 18.1 Å². The summed E-state index contributed by atoms with van der Waals surface area (Å²) in [5, 5.41) is 13.2. The average molecular weight is 425 g/mol. The molecule has 2 N–H and O–H groups in total. The molecule has 8 nitrogen and oxygen atoms in total. The van der Waals surface area contributed by atoms with Gasteiger partial charge in [0.25, 0.3) is 5.91 Å². The van der Waals surface area contributed by atoms with Crippen LogP contribution >= 0.6 is 0 Å². The largest absolute Gasteiger partial charge is 0.490 e. The van der Waals surface area contributed by atoms with Crippen LogP contribution in [0.5, 0.6) is 11.5 Å². The Hall–Kier alpha value is -3.55. The third-order valence-electron chi connectivity index (χ3n) is 4.84. The van der Waals surface area contributed by atoms with Crippen LogP contribution in [0.3, 0.4) is 0 Å². The third-order valence-corrected chi connectivity index (χ3v) is 4.84. The molecule has 164 valence electrons. The van der Waals surface area contributed by atoms with Crippen molar-refractivity contribution in [3.63, 3.8) is 0 Å². The smallest absolute Gasteiger partial charge is 0.335 e. The van der Waals surface area contributed by atoms with Gasteiger partial charge in [0.2, 0.25) is 0 Å². The Morgan fingerprint density at radius 3 is 2.65 bits per heavy atom. The Balaban J connectivity index is 1.62. The van der Waals surface area contributed by atoms with Crippen LogP contribution in [0.15, 0.2) is 47.6 Å². The summed E-state index contributed by atoms with van der Waals surface area (Å²) in [5.41, 5.74) is 4.33. The van der Waals surface area contributed by atoms with E-state index in [0.29, 0.717) is 23.8 Å². The van der Waals surface area contributed by atoms with E-state index in [1.165, 1.54) is 18.6 Å². The Morgan fingerprint density at radius 2 is 1.90 bits per heavy atom. The van der Waals surface area contributed by atoms with Crippen molar-refractivity contribution < 1.29 is 24.2 Å². The monoisotopic (exact) mass is 425 g/mol. The molecule has 8 heteroatoms. The lowest BCUT2D eigenvalue weighted by atomic mass is 10.1. The van der Waals surface area contributed by atoms with Crippen molar-refractivity contribution in [2.45, 2.75) is 26.2 Å². The second-order valence-electron chi connectivity index (χ2n) is 7.13. The number of carbonyl (C=O) groups is 2. The maximum atomic E-state index is 12.3. The number of carboxylic acids is 1. The van der Waals surface area contributed by atoms with E-state index in [9.17, 15) is 9.59 Å². The second kappa shape index (κ2) is 11.0. The first-order valence-corrected chi connectivity index (χ1v) is 10.4. The van der Waals surface area contributed by atoms with Gasteiger partial charge in [-0.15, -0.1) is 0 Å². The topological polar surface area (TPSA) is 100 Å². The van der Waals surface area contributed by atoms with Crippen molar-refractivity contribution in [1.29, 1.82) is 0 Å². The minimum Gasteiger partial charge on any atom is -0.490 e. The van der Waals surface area contributed by atoms with Gasteiger partial charge < -0.3 is 19.5 Å². The molecular formula is C23H27N3O5. The molecular weight excluding hydrogens is 398 g/mol. The van der Waals surface area contributed by atoms with Crippen LogP contribution in [0.1, 0.15) is 42.1 Å². The highest BCUT2D eigenvalue weighted by molar-refractivity contribution is 5.89. The predicted molar refractivity (Wildman–Crippen MR) is 118 cm³/mol. The molecule has 2 aromatic rings. The number of nitrogens with one attached hydrogen (secondary N) is 1. The number of amides is 1. The number of carboxylic acid groups (broad SMARTS) is 1. The number of piperidine rings is 1. The van der Waals surface area contributed by atoms with Gasteiger partial charge in [-0.05, 0) is 68.1 Å². The Morgan fingerprint density at radius 1 is 1.10 bits per heavy atom. The number of aromatic carboxylic acids is 1. The summed E-state index contributed by atoms with van der Waals surface area (Å²) in [7, 11) is 0. The number of likely N-dealkylation sites (tertiary alicyclic amines) is 1. The fourth-order valence-electron chi connectivity index (χ4n) is 3.27. The highest BCUT2D eigenvalue weighted by atomic mass is 16.5. The SMILES string of the molecule is CCOc1cc(/C=N\Nc2cccc(C(=O)O)c2)ccc1OCC(=O)N1CCCCC1. The molecule has 1 heterocycles. The molecule has 0 saturated carbocycles. The van der Waals surface area contributed by atoms with E-state index in [4.69, 9.17) is 14.6 Å². The molecule has 0 aliphatic carbocycles. The fraction of sp³-hybridized carbons (Fsp3) is 0.348. The first-order chi connectivity index (χ1) is 15.1. The summed E-state index contributed by atoms with van der Waals surface area (Å²) in [4.78, 5) is 25.2. The minimum atomic E-state index is -0.997. The quantitative estimate of drug-likeness (QED) is 0.470. The molecule has 0 spiro atoms. The molecule has 0 radical (unpaired) electrons. The van der Waals surface area contributed by atoms with E-state index >= 15 is 0 Å². The van der Waals surface area contributed by atoms with Crippen LogP contribution in [-0.4, -0.2) is 54.4 Å². The lowest BCUT2D eigenvalue weighted by Gasteiger charge is -2.26. The number of anilines is 1. The van der Waals surface area contributed by atoms with E-state index in [0.717, 1.165) is 31.5 Å². The Labute approximate surface area is 181 Å². The van der Waals surface area contributed by atoms with Crippen LogP contribution in [-0.2, 0) is 4.79 Å². The van der Waals surface area contributed by atoms with Gasteiger partial charge >= 0.3 is 5.97 Å². The molecule has 0 atom stereocenters. The molecule has 2 aromatic carbocycles. The highest BCUT2D eigenvalue weighted by Crippen LogP contribution is 2.28. The molecule has 1 amide bonds. The summed E-state index contributed by atoms with van der Waals surface area (Å²) in [5.74, 6) is 0.0289. The second-order valence-corrected chi connectivity index (χ2v) is 7.13. The van der Waals surface area contributed by atoms with Crippen molar-refractivity contribution in [3.05, 3.63) is 53.6 Å².